The number of benzene rings is 1. The van der Waals surface area contributed by atoms with Crippen molar-refractivity contribution in [1.82, 2.24) is 4.90 Å². The van der Waals surface area contributed by atoms with Gasteiger partial charge in [-0.15, -0.1) is 0 Å². The maximum absolute atomic E-state index is 12.8. The molecule has 1 saturated heterocycles. The lowest BCUT2D eigenvalue weighted by Crippen LogP contribution is -2.53. The second-order valence-electron chi connectivity index (χ2n) is 6.80. The van der Waals surface area contributed by atoms with E-state index in [1.54, 1.807) is 21.6 Å². The number of hydrogen-bond donors (Lipinski definition) is 2. The van der Waals surface area contributed by atoms with E-state index in [-0.39, 0.29) is 17.6 Å². The molecular weight excluding hydrogens is 378 g/mol. The van der Waals surface area contributed by atoms with Gasteiger partial charge in [-0.25, -0.2) is 4.79 Å². The molecule has 0 saturated carbocycles. The smallest absolute Gasteiger partial charge is 0.284 e. The standard InChI is InChI=1S/C16H23N3OS.H2O4S/c1-12(2)19-14(17-16(3,4)5)21-11-18(15(19)20)13-9-7-6-8-10-13;1-5(2,3)4/h6-10,12H,11H2,1-5H3;(H2,1,2,3,4). The van der Waals surface area contributed by atoms with Crippen LogP contribution in [0.5, 0.6) is 0 Å². The van der Waals surface area contributed by atoms with Crippen molar-refractivity contribution in [2.75, 3.05) is 10.8 Å². The normalized spacial score (nSPS) is 17.4. The summed E-state index contributed by atoms with van der Waals surface area (Å²) in [6.07, 6.45) is 0. The third kappa shape index (κ3) is 7.73. The maximum atomic E-state index is 12.8. The van der Waals surface area contributed by atoms with Gasteiger partial charge >= 0.3 is 16.4 Å². The number of thioether (sulfide) groups is 1. The summed E-state index contributed by atoms with van der Waals surface area (Å²) in [5, 5.41) is 0.815. The minimum atomic E-state index is -4.67. The van der Waals surface area contributed by atoms with Crippen molar-refractivity contribution in [2.45, 2.75) is 46.2 Å². The van der Waals surface area contributed by atoms with E-state index in [4.69, 9.17) is 22.5 Å². The molecule has 2 rings (SSSR count). The van der Waals surface area contributed by atoms with Gasteiger partial charge in [0.2, 0.25) is 0 Å². The van der Waals surface area contributed by atoms with E-state index in [1.165, 1.54) is 0 Å². The van der Waals surface area contributed by atoms with Crippen molar-refractivity contribution in [2.24, 2.45) is 4.99 Å². The molecule has 1 fully saturated rings. The predicted octanol–water partition coefficient (Wildman–Crippen LogP) is 3.53. The fourth-order valence-electron chi connectivity index (χ4n) is 2.07. The van der Waals surface area contributed by atoms with Crippen LogP contribution in [0.2, 0.25) is 0 Å². The first kappa shape index (κ1) is 22.4. The van der Waals surface area contributed by atoms with Crippen molar-refractivity contribution in [3.63, 3.8) is 0 Å². The van der Waals surface area contributed by atoms with Crippen LogP contribution in [-0.4, -0.2) is 51.1 Å². The summed E-state index contributed by atoms with van der Waals surface area (Å²) in [5.74, 6) is 0.598. The van der Waals surface area contributed by atoms with Crippen LogP contribution in [0.15, 0.2) is 35.3 Å². The summed E-state index contributed by atoms with van der Waals surface area (Å²) in [6, 6.07) is 9.86. The lowest BCUT2D eigenvalue weighted by atomic mass is 10.1. The lowest BCUT2D eigenvalue weighted by Gasteiger charge is -2.38. The van der Waals surface area contributed by atoms with Crippen molar-refractivity contribution < 1.29 is 22.3 Å². The number of anilines is 1. The minimum Gasteiger partial charge on any atom is -0.284 e. The molecule has 1 heterocycles. The highest BCUT2D eigenvalue weighted by atomic mass is 32.3. The van der Waals surface area contributed by atoms with Gasteiger partial charge in [-0.05, 0) is 46.8 Å². The second-order valence-corrected chi connectivity index (χ2v) is 8.60. The zero-order chi connectivity index (χ0) is 20.1. The first-order valence-corrected chi connectivity index (χ1v) is 10.3. The number of rotatable bonds is 2. The van der Waals surface area contributed by atoms with Crippen LogP contribution in [0.25, 0.3) is 0 Å². The van der Waals surface area contributed by atoms with Gasteiger partial charge in [0.1, 0.15) is 0 Å². The maximum Gasteiger partial charge on any atom is 0.394 e. The highest BCUT2D eigenvalue weighted by molar-refractivity contribution is 8.14. The molecule has 0 aromatic heterocycles. The van der Waals surface area contributed by atoms with Crippen LogP contribution in [0.3, 0.4) is 0 Å². The van der Waals surface area contributed by atoms with Crippen molar-refractivity contribution in [3.05, 3.63) is 30.3 Å². The Morgan fingerprint density at radius 2 is 1.65 bits per heavy atom. The third-order valence-corrected chi connectivity index (χ3v) is 3.91. The molecule has 2 N–H and O–H groups in total. The van der Waals surface area contributed by atoms with Crippen molar-refractivity contribution >= 4 is 39.0 Å². The Morgan fingerprint density at radius 3 is 2.08 bits per heavy atom. The summed E-state index contributed by atoms with van der Waals surface area (Å²) < 4.78 is 31.6. The van der Waals surface area contributed by atoms with Crippen LogP contribution in [0.1, 0.15) is 34.6 Å². The minimum absolute atomic E-state index is 0.00190. The summed E-state index contributed by atoms with van der Waals surface area (Å²) in [5.41, 5.74) is 0.737. The van der Waals surface area contributed by atoms with E-state index in [0.29, 0.717) is 5.88 Å². The predicted molar refractivity (Wildman–Crippen MR) is 105 cm³/mol. The molecule has 10 heteroatoms. The fraction of sp³-hybridized carbons (Fsp3) is 0.500. The molecule has 0 unspecified atom stereocenters. The summed E-state index contributed by atoms with van der Waals surface area (Å²) in [4.78, 5) is 21.1. The third-order valence-electron chi connectivity index (χ3n) is 2.98. The molecule has 146 valence electrons. The molecule has 1 aromatic carbocycles. The van der Waals surface area contributed by atoms with E-state index in [9.17, 15) is 4.79 Å². The van der Waals surface area contributed by atoms with E-state index in [2.05, 4.69) is 0 Å². The van der Waals surface area contributed by atoms with Crippen molar-refractivity contribution in [3.8, 4) is 0 Å². The average Bonchev–Trinajstić information content (AvgIpc) is 2.44. The van der Waals surface area contributed by atoms with Gasteiger partial charge in [-0.2, -0.15) is 8.42 Å². The van der Waals surface area contributed by atoms with Crippen LogP contribution in [0, 0.1) is 0 Å². The van der Waals surface area contributed by atoms with Crippen molar-refractivity contribution in [1.29, 1.82) is 0 Å². The molecule has 26 heavy (non-hydrogen) atoms. The summed E-state index contributed by atoms with van der Waals surface area (Å²) >= 11 is 1.61. The van der Waals surface area contributed by atoms with Crippen LogP contribution < -0.4 is 4.90 Å². The number of urea groups is 1. The Morgan fingerprint density at radius 1 is 1.15 bits per heavy atom. The molecule has 1 aliphatic rings. The monoisotopic (exact) mass is 403 g/mol. The summed E-state index contributed by atoms with van der Waals surface area (Å²) in [7, 11) is -4.67. The zero-order valence-electron chi connectivity index (χ0n) is 15.4. The Bertz CT molecular complexity index is 735. The molecule has 2 amide bonds. The second kappa shape index (κ2) is 8.85. The van der Waals surface area contributed by atoms with Gasteiger partial charge in [0, 0.05) is 11.7 Å². The number of carbonyl (C=O) groups excluding carboxylic acids is 1. The average molecular weight is 404 g/mol. The number of hydrogen-bond acceptors (Lipinski definition) is 5. The van der Waals surface area contributed by atoms with Crippen LogP contribution in [-0.2, 0) is 10.4 Å². The molecular formula is C16H25N3O5S2. The molecule has 1 aromatic rings. The number of carbonyl (C=O) groups is 1. The van der Waals surface area contributed by atoms with Crippen LogP contribution in [0.4, 0.5) is 10.5 Å². The molecule has 1 aliphatic heterocycles. The van der Waals surface area contributed by atoms with Crippen LogP contribution >= 0.6 is 11.8 Å². The van der Waals surface area contributed by atoms with Gasteiger partial charge in [-0.1, -0.05) is 30.0 Å². The quantitative estimate of drug-likeness (QED) is 0.731. The first-order valence-electron chi connectivity index (χ1n) is 7.88. The van der Waals surface area contributed by atoms with E-state index in [1.807, 2.05) is 65.0 Å². The number of amidine groups is 1. The van der Waals surface area contributed by atoms with Gasteiger partial charge in [0.15, 0.2) is 5.17 Å². The molecule has 0 bridgehead atoms. The molecule has 0 radical (unpaired) electrons. The highest BCUT2D eigenvalue weighted by Gasteiger charge is 2.34. The molecule has 0 atom stereocenters. The molecule has 0 aliphatic carbocycles. The Labute approximate surface area is 158 Å². The highest BCUT2D eigenvalue weighted by Crippen LogP contribution is 2.29. The number of para-hydroxylation sites is 1. The zero-order valence-corrected chi connectivity index (χ0v) is 17.1. The van der Waals surface area contributed by atoms with Gasteiger partial charge in [0.25, 0.3) is 0 Å². The number of amides is 2. The lowest BCUT2D eigenvalue weighted by molar-refractivity contribution is 0.220. The Kier molecular flexibility index (Phi) is 7.63. The Balaban J connectivity index is 0.000000597. The SMILES string of the molecule is CC(C)N1C(=O)N(c2ccccc2)CSC1=NC(C)(C)C.O=S(=O)(O)O. The molecule has 8 nitrogen and oxygen atoms in total. The van der Waals surface area contributed by atoms with E-state index >= 15 is 0 Å². The fourth-order valence-corrected chi connectivity index (χ4v) is 3.34. The summed E-state index contributed by atoms with van der Waals surface area (Å²) in [6.45, 7) is 10.2. The first-order chi connectivity index (χ1) is 11.8. The Hall–Kier alpha value is -1.62. The number of nitrogens with zero attached hydrogens (tertiary/aromatic N) is 3. The number of aliphatic imine (C=N–C) groups is 1. The largest absolute Gasteiger partial charge is 0.394 e. The van der Waals surface area contributed by atoms with Gasteiger partial charge in [-0.3, -0.25) is 23.9 Å². The van der Waals surface area contributed by atoms with E-state index < -0.39 is 10.4 Å². The topological polar surface area (TPSA) is 111 Å². The molecule has 0 spiro atoms. The van der Waals surface area contributed by atoms with E-state index in [0.717, 1.165) is 10.9 Å². The van der Waals surface area contributed by atoms with Gasteiger partial charge in [0.05, 0.1) is 11.4 Å². The van der Waals surface area contributed by atoms with Gasteiger partial charge < -0.3 is 0 Å².